The van der Waals surface area contributed by atoms with Gasteiger partial charge in [-0.2, -0.15) is 21.9 Å². The molecule has 9 N–H and O–H groups in total. The van der Waals surface area contributed by atoms with Crippen LogP contribution in [0.3, 0.4) is 0 Å². The number of hydrogen-bond donors (Lipinski definition) is 6. The second-order valence-corrected chi connectivity index (χ2v) is 27.4. The Morgan fingerprint density at radius 1 is 0.769 bits per heavy atom. The molecule has 4 heterocycles. The molecule has 0 saturated carbocycles. The molecule has 0 aliphatic heterocycles. The Morgan fingerprint density at radius 2 is 1.38 bits per heavy atom. The number of anilines is 2. The average molecular weight is 1410 g/mol. The van der Waals surface area contributed by atoms with Crippen molar-refractivity contribution in [3.63, 3.8) is 0 Å². The van der Waals surface area contributed by atoms with Crippen molar-refractivity contribution in [1.82, 2.24) is 30.4 Å². The number of furan rings is 1. The first-order valence-corrected chi connectivity index (χ1v) is 33.5. The third-order valence-corrected chi connectivity index (χ3v) is 17.3. The molecule has 0 spiro atoms. The Labute approximate surface area is 549 Å². The van der Waals surface area contributed by atoms with Gasteiger partial charge in [0.05, 0.1) is 54.4 Å². The quantitative estimate of drug-likeness (QED) is 0.0324. The molecule has 6 aromatic carbocycles. The van der Waals surface area contributed by atoms with Crippen molar-refractivity contribution < 1.29 is 62.6 Å². The summed E-state index contributed by atoms with van der Waals surface area (Å²) in [5, 5.41) is 15.0. The third kappa shape index (κ3) is 22.7. The van der Waals surface area contributed by atoms with E-state index in [9.17, 15) is 38.8 Å². The third-order valence-electron chi connectivity index (χ3n) is 12.7. The Kier molecular flexibility index (Phi) is 27.6. The molecule has 0 aliphatic rings. The standard InChI is InChI=1S/C29H26ClFN4O4S.C18H17Cl2FN4OS.2C7H8O3S.ClH.H2O/c1-40(36,37)12-11-32-16-23-7-10-27(39-23)20-5-8-26-24(14-20)29(34-18-33-26)35-22-6-9-28(25(30)15-22)38-17-19-3-2-4-21(31)13-19;1-25-16(14(19)9-23-25)13-7-15(27-17(13)20)18(26)24-12(8-22)6-10-3-2-4-11(21)5-10;2*1-6-2-4-7(5-3-6)11(8,9)10;;/h2-10,13-15,18,32H,11-12,16-17H2,1H3,(H,33,34,35);2-5,7,9,12H,6,8,22H2,1H3,(H,24,26);2*2-5H,1H3,(H,8,9,10);1H;1H2/t;12-;;;;/m.0..../s1. The zero-order valence-corrected chi connectivity index (χ0v) is 55.1. The smallest absolute Gasteiger partial charge is 0.294 e. The Balaban J connectivity index is 0.000000252. The molecule has 1 amide bonds. The highest BCUT2D eigenvalue weighted by atomic mass is 35.5. The van der Waals surface area contributed by atoms with Gasteiger partial charge in [0.2, 0.25) is 0 Å². The van der Waals surface area contributed by atoms with Crippen molar-refractivity contribution in [3.05, 3.63) is 223 Å². The molecule has 1 atom stereocenters. The number of halogens is 6. The summed E-state index contributed by atoms with van der Waals surface area (Å²) in [6.07, 6.45) is 4.64. The molecular weight excluding hydrogens is 1340 g/mol. The summed E-state index contributed by atoms with van der Waals surface area (Å²) in [5.41, 5.74) is 12.7. The van der Waals surface area contributed by atoms with Gasteiger partial charge in [-0.15, -0.1) is 23.7 Å². The fraction of sp³-hybridized carbons (Fsp3) is 0.180. The summed E-state index contributed by atoms with van der Waals surface area (Å²) in [5.74, 6) is 1.56. The maximum Gasteiger partial charge on any atom is 0.294 e. The number of amides is 1. The number of thiophene rings is 1. The predicted molar refractivity (Wildman–Crippen MR) is 354 cm³/mol. The number of hydrogen-bond acceptors (Lipinski definition) is 16. The van der Waals surface area contributed by atoms with Crippen LogP contribution in [0.2, 0.25) is 14.4 Å². The van der Waals surface area contributed by atoms with Crippen LogP contribution in [0.4, 0.5) is 20.3 Å². The van der Waals surface area contributed by atoms with E-state index in [1.807, 2.05) is 50.2 Å². The number of nitrogens with two attached hydrogens (primary N) is 1. The van der Waals surface area contributed by atoms with Crippen LogP contribution in [0.5, 0.6) is 5.75 Å². The molecule has 0 saturated heterocycles. The molecule has 10 rings (SSSR count). The lowest BCUT2D eigenvalue weighted by Gasteiger charge is -2.16. The van der Waals surface area contributed by atoms with Gasteiger partial charge < -0.3 is 36.3 Å². The summed E-state index contributed by atoms with van der Waals surface area (Å²) in [6.45, 7) is 4.86. The van der Waals surface area contributed by atoms with E-state index >= 15 is 0 Å². The SMILES string of the molecule is CS(=O)(=O)CCNCc1ccc(-c2ccc3ncnc(Nc4ccc(OCc5cccc(F)c5)c(Cl)c4)c3c2)o1.Cc1ccc(S(=O)(=O)O)cc1.Cc1ccc(S(=O)(=O)O)cc1.Cl.Cn1ncc(Cl)c1-c1cc(C(=O)N[C@H](CN)Cc2cccc(F)c2)sc1Cl.O. The Hall–Kier alpha value is -7.41. The van der Waals surface area contributed by atoms with Gasteiger partial charge in [-0.1, -0.05) is 94.5 Å². The van der Waals surface area contributed by atoms with Crippen LogP contribution in [0, 0.1) is 25.5 Å². The first kappa shape index (κ1) is 74.3. The lowest BCUT2D eigenvalue weighted by molar-refractivity contribution is 0.0942. The number of nitrogens with zero attached hydrogens (tertiary/aromatic N) is 4. The highest BCUT2D eigenvalue weighted by molar-refractivity contribution is 7.90. The normalized spacial score (nSPS) is 11.5. The van der Waals surface area contributed by atoms with Crippen LogP contribution >= 0.6 is 58.5 Å². The Bertz CT molecular complexity index is 4340. The van der Waals surface area contributed by atoms with Crippen molar-refractivity contribution in [3.8, 4) is 28.3 Å². The summed E-state index contributed by atoms with van der Waals surface area (Å²) in [6, 6.07) is 40.5. The second-order valence-electron chi connectivity index (χ2n) is 19.8. The molecule has 0 aliphatic carbocycles. The summed E-state index contributed by atoms with van der Waals surface area (Å²) >= 11 is 20.1. The molecule has 20 nitrogen and oxygen atoms in total. The predicted octanol–water partition coefficient (Wildman–Crippen LogP) is 12.1. The van der Waals surface area contributed by atoms with Gasteiger partial charge in [-0.05, 0) is 135 Å². The summed E-state index contributed by atoms with van der Waals surface area (Å²) in [4.78, 5) is 21.7. The topological polar surface area (TPSA) is 320 Å². The number of sulfone groups is 1. The minimum absolute atomic E-state index is 0. The second kappa shape index (κ2) is 33.8. The van der Waals surface area contributed by atoms with E-state index in [0.29, 0.717) is 84.4 Å². The number of rotatable bonds is 19. The fourth-order valence-corrected chi connectivity index (χ4v) is 11.4. The number of carbonyl (C=O) groups is 1. The van der Waals surface area contributed by atoms with Crippen LogP contribution in [0.25, 0.3) is 33.5 Å². The molecule has 484 valence electrons. The number of fused-ring (bicyclic) bond motifs is 1. The zero-order chi connectivity index (χ0) is 64.6. The largest absolute Gasteiger partial charge is 0.487 e. The Morgan fingerprint density at radius 3 is 1.95 bits per heavy atom. The van der Waals surface area contributed by atoms with Crippen LogP contribution in [0.1, 0.15) is 37.7 Å². The van der Waals surface area contributed by atoms with Crippen molar-refractivity contribution in [2.75, 3.05) is 30.4 Å². The van der Waals surface area contributed by atoms with Crippen molar-refractivity contribution in [2.24, 2.45) is 12.8 Å². The van der Waals surface area contributed by atoms with E-state index in [1.54, 1.807) is 78.5 Å². The van der Waals surface area contributed by atoms with E-state index in [0.717, 1.165) is 44.5 Å². The maximum absolute atomic E-state index is 13.4. The van der Waals surface area contributed by atoms with Gasteiger partial charge in [-0.3, -0.25) is 18.6 Å². The fourth-order valence-electron chi connectivity index (χ4n) is 8.20. The first-order chi connectivity index (χ1) is 42.1. The molecule has 4 aromatic heterocycles. The molecule has 0 radical (unpaired) electrons. The number of ether oxygens (including phenoxy) is 1. The van der Waals surface area contributed by atoms with E-state index in [-0.39, 0.29) is 70.2 Å². The van der Waals surface area contributed by atoms with Gasteiger partial charge in [0.1, 0.15) is 61.8 Å². The molecule has 0 unspecified atom stereocenters. The summed E-state index contributed by atoms with van der Waals surface area (Å²) in [7, 11) is -9.31. The maximum atomic E-state index is 13.4. The van der Waals surface area contributed by atoms with E-state index in [2.05, 4.69) is 31.0 Å². The van der Waals surface area contributed by atoms with Gasteiger partial charge in [0, 0.05) is 54.6 Å². The van der Waals surface area contributed by atoms with E-state index in [1.165, 1.54) is 67.3 Å². The van der Waals surface area contributed by atoms with Crippen LogP contribution in [-0.4, -0.2) is 96.6 Å². The number of carbonyl (C=O) groups excluding carboxylic acids is 1. The lowest BCUT2D eigenvalue weighted by Crippen LogP contribution is -2.41. The highest BCUT2D eigenvalue weighted by Gasteiger charge is 2.22. The first-order valence-electron chi connectivity index (χ1n) is 26.6. The molecular formula is C61H62Cl4F2N8O12S4. The van der Waals surface area contributed by atoms with E-state index < -0.39 is 30.1 Å². The van der Waals surface area contributed by atoms with Crippen molar-refractivity contribution >= 4 is 117 Å². The average Bonchev–Trinajstić information content (AvgIpc) is 1.81. The highest BCUT2D eigenvalue weighted by Crippen LogP contribution is 2.39. The molecule has 30 heteroatoms. The van der Waals surface area contributed by atoms with Gasteiger partial charge >= 0.3 is 0 Å². The molecule has 10 aromatic rings. The lowest BCUT2D eigenvalue weighted by atomic mass is 10.1. The number of benzene rings is 6. The van der Waals surface area contributed by atoms with Crippen molar-refractivity contribution in [2.45, 2.75) is 49.3 Å². The van der Waals surface area contributed by atoms with Gasteiger partial charge in [-0.25, -0.2) is 27.2 Å². The minimum atomic E-state index is -4.02. The van der Waals surface area contributed by atoms with Crippen LogP contribution < -0.4 is 26.4 Å². The van der Waals surface area contributed by atoms with E-state index in [4.69, 9.17) is 58.8 Å². The monoisotopic (exact) mass is 1400 g/mol. The van der Waals surface area contributed by atoms with Gasteiger partial charge in [0.15, 0.2) is 0 Å². The number of aromatic nitrogens is 4. The molecule has 0 bridgehead atoms. The van der Waals surface area contributed by atoms with Crippen LogP contribution in [0.15, 0.2) is 178 Å². The zero-order valence-electron chi connectivity index (χ0n) is 48.8. The number of aryl methyl sites for hydroxylation is 3. The summed E-state index contributed by atoms with van der Waals surface area (Å²) < 4.78 is 122. The number of nitrogens with one attached hydrogen (secondary N) is 3. The van der Waals surface area contributed by atoms with Crippen molar-refractivity contribution in [1.29, 1.82) is 0 Å². The molecule has 0 fully saturated rings. The molecule has 91 heavy (non-hydrogen) atoms. The van der Waals surface area contributed by atoms with Gasteiger partial charge in [0.25, 0.3) is 26.1 Å². The van der Waals surface area contributed by atoms with Crippen LogP contribution in [-0.2, 0) is 56.7 Å². The minimum Gasteiger partial charge on any atom is -0.487 e.